The highest BCUT2D eigenvalue weighted by Crippen LogP contribution is 2.28. The van der Waals surface area contributed by atoms with Crippen LogP contribution < -0.4 is 0 Å². The normalized spacial score (nSPS) is 11.2. The number of imidazole rings is 1. The van der Waals surface area contributed by atoms with Crippen molar-refractivity contribution in [3.05, 3.63) is 71.9 Å². The van der Waals surface area contributed by atoms with E-state index in [1.165, 1.54) is 0 Å². The summed E-state index contributed by atoms with van der Waals surface area (Å²) in [5, 5.41) is 1.99. The summed E-state index contributed by atoms with van der Waals surface area (Å²) in [6.07, 6.45) is 3.95. The Balaban J connectivity index is 1.97. The van der Waals surface area contributed by atoms with E-state index in [1.807, 2.05) is 36.4 Å². The fourth-order valence-corrected chi connectivity index (χ4v) is 3.60. The van der Waals surface area contributed by atoms with E-state index in [1.54, 1.807) is 11.8 Å². The number of benzene rings is 2. The molecule has 0 atom stereocenters. The molecule has 3 nitrogen and oxygen atoms in total. The number of hydrogen-bond acceptors (Lipinski definition) is 3. The van der Waals surface area contributed by atoms with Crippen LogP contribution in [0.25, 0.3) is 27.8 Å². The molecule has 0 bridgehead atoms. The molecule has 0 amide bonds. The van der Waals surface area contributed by atoms with Crippen molar-refractivity contribution in [3.8, 4) is 11.3 Å². The fraction of sp³-hybridized carbons (Fsp3) is 0.0526. The van der Waals surface area contributed by atoms with Crippen LogP contribution in [0.1, 0.15) is 0 Å². The molecular weight excluding hydrogens is 382 g/mol. The summed E-state index contributed by atoms with van der Waals surface area (Å²) < 4.78 is 3.14. The maximum absolute atomic E-state index is 4.88. The molecule has 2 heterocycles. The smallest absolute Gasteiger partial charge is 0.174 e. The molecule has 2 aromatic carbocycles. The SMILES string of the molecule is C=CCSc1nc2ccccc2c2nc(-c3ccc(Br)cc3)cn12. The van der Waals surface area contributed by atoms with Crippen LogP contribution in [0.5, 0.6) is 0 Å². The molecule has 118 valence electrons. The molecule has 0 saturated carbocycles. The van der Waals surface area contributed by atoms with Gasteiger partial charge < -0.3 is 0 Å². The molecule has 0 aliphatic heterocycles. The van der Waals surface area contributed by atoms with Gasteiger partial charge in [0.1, 0.15) is 5.65 Å². The third-order valence-electron chi connectivity index (χ3n) is 3.74. The van der Waals surface area contributed by atoms with E-state index < -0.39 is 0 Å². The molecule has 0 fully saturated rings. The lowest BCUT2D eigenvalue weighted by atomic mass is 10.2. The van der Waals surface area contributed by atoms with Crippen molar-refractivity contribution in [2.24, 2.45) is 0 Å². The number of thioether (sulfide) groups is 1. The van der Waals surface area contributed by atoms with Gasteiger partial charge in [0.25, 0.3) is 0 Å². The van der Waals surface area contributed by atoms with E-state index in [2.05, 4.69) is 51.3 Å². The van der Waals surface area contributed by atoms with Crippen LogP contribution in [0.4, 0.5) is 0 Å². The van der Waals surface area contributed by atoms with Gasteiger partial charge in [0.2, 0.25) is 0 Å². The summed E-state index contributed by atoms with van der Waals surface area (Å²) in [5.74, 6) is 0.812. The summed E-state index contributed by atoms with van der Waals surface area (Å²) in [7, 11) is 0. The van der Waals surface area contributed by atoms with Crippen molar-refractivity contribution in [2.75, 3.05) is 5.75 Å². The topological polar surface area (TPSA) is 30.2 Å². The zero-order valence-corrected chi connectivity index (χ0v) is 15.2. The van der Waals surface area contributed by atoms with Crippen LogP contribution >= 0.6 is 27.7 Å². The molecule has 4 rings (SSSR count). The Morgan fingerprint density at radius 3 is 2.67 bits per heavy atom. The molecular formula is C19H14BrN3S. The van der Waals surface area contributed by atoms with Crippen molar-refractivity contribution in [1.82, 2.24) is 14.4 Å². The van der Waals surface area contributed by atoms with Gasteiger partial charge in [0.15, 0.2) is 5.16 Å². The standard InChI is InChI=1S/C19H14BrN3S/c1-2-11-24-19-22-16-6-4-3-5-15(16)18-21-17(12-23(18)19)13-7-9-14(20)10-8-13/h2-10,12H,1,11H2. The number of nitrogens with zero attached hydrogens (tertiary/aromatic N) is 3. The molecule has 0 aliphatic carbocycles. The van der Waals surface area contributed by atoms with Crippen LogP contribution in [0.2, 0.25) is 0 Å². The van der Waals surface area contributed by atoms with E-state index in [-0.39, 0.29) is 0 Å². The molecule has 24 heavy (non-hydrogen) atoms. The summed E-state index contributed by atoms with van der Waals surface area (Å²) in [5.41, 5.74) is 3.93. The van der Waals surface area contributed by atoms with E-state index in [0.717, 1.165) is 43.2 Å². The Kier molecular flexibility index (Phi) is 4.12. The van der Waals surface area contributed by atoms with Crippen LogP contribution in [0.3, 0.4) is 0 Å². The largest absolute Gasteiger partial charge is 0.278 e. The van der Waals surface area contributed by atoms with Gasteiger partial charge in [0.05, 0.1) is 11.2 Å². The summed E-state index contributed by atoms with van der Waals surface area (Å²) in [4.78, 5) is 9.67. The molecule has 0 N–H and O–H groups in total. The maximum atomic E-state index is 4.88. The average molecular weight is 396 g/mol. The molecule has 0 saturated heterocycles. The van der Waals surface area contributed by atoms with Gasteiger partial charge >= 0.3 is 0 Å². The third kappa shape index (κ3) is 2.74. The van der Waals surface area contributed by atoms with Crippen LogP contribution in [0.15, 0.2) is 77.0 Å². The minimum absolute atomic E-state index is 0.812. The first kappa shape index (κ1) is 15.4. The number of fused-ring (bicyclic) bond motifs is 3. The van der Waals surface area contributed by atoms with Gasteiger partial charge in [-0.1, -0.05) is 58.0 Å². The predicted octanol–water partition coefficient (Wildman–Crippen LogP) is 5.59. The lowest BCUT2D eigenvalue weighted by molar-refractivity contribution is 0.930. The summed E-state index contributed by atoms with van der Waals surface area (Å²) in [6.45, 7) is 3.80. The van der Waals surface area contributed by atoms with Crippen molar-refractivity contribution in [3.63, 3.8) is 0 Å². The average Bonchev–Trinajstić information content (AvgIpc) is 3.06. The van der Waals surface area contributed by atoms with Gasteiger partial charge in [-0.15, -0.1) is 6.58 Å². The number of hydrogen-bond donors (Lipinski definition) is 0. The first-order valence-electron chi connectivity index (χ1n) is 7.54. The van der Waals surface area contributed by atoms with Gasteiger partial charge in [-0.2, -0.15) is 0 Å². The van der Waals surface area contributed by atoms with E-state index in [4.69, 9.17) is 9.97 Å². The molecule has 0 radical (unpaired) electrons. The van der Waals surface area contributed by atoms with Crippen molar-refractivity contribution < 1.29 is 0 Å². The van der Waals surface area contributed by atoms with Gasteiger partial charge in [-0.05, 0) is 24.3 Å². The minimum Gasteiger partial charge on any atom is -0.278 e. The zero-order chi connectivity index (χ0) is 16.5. The fourth-order valence-electron chi connectivity index (χ4n) is 2.63. The summed E-state index contributed by atoms with van der Waals surface area (Å²) in [6, 6.07) is 16.3. The Morgan fingerprint density at radius 1 is 1.08 bits per heavy atom. The molecule has 2 aromatic heterocycles. The zero-order valence-electron chi connectivity index (χ0n) is 12.8. The number of aromatic nitrogens is 3. The number of para-hydroxylation sites is 1. The quantitative estimate of drug-likeness (QED) is 0.256. The van der Waals surface area contributed by atoms with E-state index in [0.29, 0.717) is 0 Å². The maximum Gasteiger partial charge on any atom is 0.174 e. The first-order chi connectivity index (χ1) is 11.8. The Morgan fingerprint density at radius 2 is 1.88 bits per heavy atom. The second kappa shape index (κ2) is 6.42. The van der Waals surface area contributed by atoms with Crippen molar-refractivity contribution in [2.45, 2.75) is 5.16 Å². The van der Waals surface area contributed by atoms with Gasteiger partial charge in [-0.25, -0.2) is 9.97 Å². The minimum atomic E-state index is 0.812. The molecule has 5 heteroatoms. The van der Waals surface area contributed by atoms with E-state index in [9.17, 15) is 0 Å². The second-order valence-corrected chi connectivity index (χ2v) is 7.24. The monoisotopic (exact) mass is 395 g/mol. The molecule has 4 aromatic rings. The first-order valence-corrected chi connectivity index (χ1v) is 9.31. The lowest BCUT2D eigenvalue weighted by Gasteiger charge is -2.05. The predicted molar refractivity (Wildman–Crippen MR) is 105 cm³/mol. The highest BCUT2D eigenvalue weighted by atomic mass is 79.9. The van der Waals surface area contributed by atoms with Crippen molar-refractivity contribution >= 4 is 44.2 Å². The lowest BCUT2D eigenvalue weighted by Crippen LogP contribution is -1.95. The van der Waals surface area contributed by atoms with Gasteiger partial charge in [0, 0.05) is 27.4 Å². The summed E-state index contributed by atoms with van der Waals surface area (Å²) >= 11 is 5.14. The highest BCUT2D eigenvalue weighted by Gasteiger charge is 2.12. The number of rotatable bonds is 4. The Hall–Kier alpha value is -2.11. The Bertz CT molecular complexity index is 1040. The molecule has 0 aliphatic rings. The number of halogens is 1. The van der Waals surface area contributed by atoms with Crippen LogP contribution in [-0.2, 0) is 0 Å². The third-order valence-corrected chi connectivity index (χ3v) is 5.22. The van der Waals surface area contributed by atoms with Gasteiger partial charge in [-0.3, -0.25) is 4.40 Å². The van der Waals surface area contributed by atoms with Crippen LogP contribution in [-0.4, -0.2) is 20.1 Å². The molecule has 0 spiro atoms. The molecule has 0 unspecified atom stereocenters. The van der Waals surface area contributed by atoms with Crippen molar-refractivity contribution in [1.29, 1.82) is 0 Å². The van der Waals surface area contributed by atoms with E-state index >= 15 is 0 Å². The van der Waals surface area contributed by atoms with Crippen LogP contribution in [0, 0.1) is 0 Å². The Labute approximate surface area is 152 Å². The highest BCUT2D eigenvalue weighted by molar-refractivity contribution is 9.10. The second-order valence-electron chi connectivity index (χ2n) is 5.34.